The van der Waals surface area contributed by atoms with Gasteiger partial charge in [-0.1, -0.05) is 32.0 Å². The maximum atomic E-state index is 12.6. The van der Waals surface area contributed by atoms with Gasteiger partial charge in [0, 0.05) is 47.7 Å². The molecule has 160 valence electrons. The molecular formula is C23H30N4O2S. The molecule has 7 heteroatoms. The van der Waals surface area contributed by atoms with E-state index in [1.54, 1.807) is 0 Å². The minimum absolute atomic E-state index is 0.0587. The summed E-state index contributed by atoms with van der Waals surface area (Å²) in [5.41, 5.74) is 3.08. The van der Waals surface area contributed by atoms with Gasteiger partial charge in [-0.25, -0.2) is 4.98 Å². The first-order chi connectivity index (χ1) is 14.4. The number of rotatable bonds is 4. The highest BCUT2D eigenvalue weighted by molar-refractivity contribution is 7.85. The number of amides is 1. The number of hydrogen-bond acceptors (Lipinski definition) is 5. The fraction of sp³-hybridized carbons (Fsp3) is 0.478. The largest absolute Gasteiger partial charge is 0.356 e. The van der Waals surface area contributed by atoms with E-state index in [0.29, 0.717) is 12.6 Å². The first kappa shape index (κ1) is 21.0. The molecule has 1 aromatic carbocycles. The van der Waals surface area contributed by atoms with E-state index >= 15 is 0 Å². The van der Waals surface area contributed by atoms with Crippen LogP contribution in [0.4, 0.5) is 11.5 Å². The van der Waals surface area contributed by atoms with Gasteiger partial charge in [-0.05, 0) is 43.0 Å². The molecule has 2 aromatic rings. The molecule has 1 fully saturated rings. The van der Waals surface area contributed by atoms with E-state index in [-0.39, 0.29) is 11.2 Å². The van der Waals surface area contributed by atoms with Crippen molar-refractivity contribution in [2.75, 3.05) is 29.9 Å². The Labute approximate surface area is 181 Å². The number of aromatic nitrogens is 1. The lowest BCUT2D eigenvalue weighted by molar-refractivity contribution is -0.117. The van der Waals surface area contributed by atoms with Gasteiger partial charge in [-0.15, -0.1) is 0 Å². The van der Waals surface area contributed by atoms with Crippen LogP contribution in [0, 0.1) is 6.92 Å². The quantitative estimate of drug-likeness (QED) is 0.812. The molecule has 4 rings (SSSR count). The molecule has 0 bridgehead atoms. The summed E-state index contributed by atoms with van der Waals surface area (Å²) in [6.45, 7) is 8.93. The van der Waals surface area contributed by atoms with Crippen LogP contribution >= 0.6 is 0 Å². The lowest BCUT2D eigenvalue weighted by Gasteiger charge is -2.38. The van der Waals surface area contributed by atoms with Crippen molar-refractivity contribution >= 4 is 28.2 Å². The van der Waals surface area contributed by atoms with Crippen molar-refractivity contribution in [3.8, 4) is 0 Å². The zero-order chi connectivity index (χ0) is 21.3. The molecule has 1 saturated heterocycles. The second kappa shape index (κ2) is 8.86. The Bertz CT molecular complexity index is 954. The molecule has 0 saturated carbocycles. The van der Waals surface area contributed by atoms with Crippen LogP contribution in [0.2, 0.25) is 0 Å². The van der Waals surface area contributed by atoms with Gasteiger partial charge >= 0.3 is 0 Å². The third-order valence-electron chi connectivity index (χ3n) is 6.00. The van der Waals surface area contributed by atoms with E-state index < -0.39 is 10.8 Å². The van der Waals surface area contributed by atoms with Gasteiger partial charge in [-0.3, -0.25) is 13.9 Å². The fourth-order valence-electron chi connectivity index (χ4n) is 4.29. The number of nitrogens with one attached hydrogen (secondary N) is 1. The highest BCUT2D eigenvalue weighted by Crippen LogP contribution is 2.28. The minimum Gasteiger partial charge on any atom is -0.356 e. The van der Waals surface area contributed by atoms with Crippen LogP contribution < -0.4 is 10.2 Å². The molecule has 1 atom stereocenters. The Morgan fingerprint density at radius 2 is 1.90 bits per heavy atom. The van der Waals surface area contributed by atoms with Crippen LogP contribution in [-0.4, -0.2) is 50.9 Å². The van der Waals surface area contributed by atoms with Gasteiger partial charge in [0.2, 0.25) is 5.91 Å². The number of anilines is 2. The molecule has 2 aliphatic rings. The minimum atomic E-state index is -1.02. The molecule has 3 heterocycles. The number of piperidine rings is 1. The van der Waals surface area contributed by atoms with E-state index in [1.807, 2.05) is 51.2 Å². The maximum Gasteiger partial charge on any atom is 0.238 e. The van der Waals surface area contributed by atoms with E-state index in [9.17, 15) is 9.00 Å². The van der Waals surface area contributed by atoms with Crippen LogP contribution in [0.1, 0.15) is 37.8 Å². The lowest BCUT2D eigenvalue weighted by Crippen LogP contribution is -2.46. The summed E-state index contributed by atoms with van der Waals surface area (Å²) < 4.78 is 12.6. The van der Waals surface area contributed by atoms with E-state index in [4.69, 9.17) is 0 Å². The van der Waals surface area contributed by atoms with Crippen molar-refractivity contribution in [2.45, 2.75) is 56.3 Å². The number of carbonyl (C=O) groups is 1. The summed E-state index contributed by atoms with van der Waals surface area (Å²) in [4.78, 5) is 22.5. The van der Waals surface area contributed by atoms with Gasteiger partial charge in [-0.2, -0.15) is 0 Å². The number of para-hydroxylation sites is 1. The predicted molar refractivity (Wildman–Crippen MR) is 121 cm³/mol. The van der Waals surface area contributed by atoms with Gasteiger partial charge in [0.05, 0.1) is 17.3 Å². The van der Waals surface area contributed by atoms with Gasteiger partial charge < -0.3 is 10.2 Å². The summed E-state index contributed by atoms with van der Waals surface area (Å²) in [7, 11) is -1.02. The van der Waals surface area contributed by atoms with Crippen molar-refractivity contribution in [2.24, 2.45) is 0 Å². The number of nitrogens with zero attached hydrogens (tertiary/aromatic N) is 3. The van der Waals surface area contributed by atoms with Crippen molar-refractivity contribution in [3.63, 3.8) is 0 Å². The molecule has 30 heavy (non-hydrogen) atoms. The van der Waals surface area contributed by atoms with Crippen LogP contribution in [0.25, 0.3) is 0 Å². The molecule has 6 nitrogen and oxygen atoms in total. The lowest BCUT2D eigenvalue weighted by atomic mass is 10.0. The average Bonchev–Trinajstić information content (AvgIpc) is 2.91. The Morgan fingerprint density at radius 1 is 1.17 bits per heavy atom. The average molecular weight is 427 g/mol. The van der Waals surface area contributed by atoms with E-state index in [2.05, 4.69) is 26.2 Å². The number of carbonyl (C=O) groups excluding carboxylic acids is 1. The molecule has 0 spiro atoms. The predicted octanol–water partition coefficient (Wildman–Crippen LogP) is 3.33. The Kier molecular flexibility index (Phi) is 6.20. The Balaban J connectivity index is 1.45. The molecule has 1 N–H and O–H groups in total. The second-order valence-electron chi connectivity index (χ2n) is 8.48. The molecular weight excluding hydrogens is 396 g/mol. The van der Waals surface area contributed by atoms with Crippen LogP contribution in [0.3, 0.4) is 0 Å². The number of aryl methyl sites for hydroxylation is 1. The second-order valence-corrected chi connectivity index (χ2v) is 10.5. The number of fused-ring (bicyclic) bond motifs is 1. The Morgan fingerprint density at radius 3 is 2.63 bits per heavy atom. The molecule has 1 amide bonds. The van der Waals surface area contributed by atoms with Crippen molar-refractivity contribution < 1.29 is 9.00 Å². The maximum absolute atomic E-state index is 12.6. The summed E-state index contributed by atoms with van der Waals surface area (Å²) in [6.07, 6.45) is 3.80. The normalized spacial score (nSPS) is 19.3. The summed E-state index contributed by atoms with van der Waals surface area (Å²) >= 11 is 0. The van der Waals surface area contributed by atoms with Crippen molar-refractivity contribution in [1.82, 2.24) is 9.88 Å². The zero-order valence-electron chi connectivity index (χ0n) is 17.9. The first-order valence-corrected chi connectivity index (χ1v) is 11.9. The molecule has 0 aliphatic carbocycles. The van der Waals surface area contributed by atoms with Crippen LogP contribution in [0.15, 0.2) is 41.4 Å². The molecule has 1 unspecified atom stereocenters. The highest BCUT2D eigenvalue weighted by Gasteiger charge is 2.29. The van der Waals surface area contributed by atoms with E-state index in [1.165, 1.54) is 5.56 Å². The summed E-state index contributed by atoms with van der Waals surface area (Å²) in [5, 5.41) is 3.11. The Hall–Kier alpha value is -2.25. The summed E-state index contributed by atoms with van der Waals surface area (Å²) in [5.74, 6) is 0.963. The molecule has 0 radical (unpaired) electrons. The summed E-state index contributed by atoms with van der Waals surface area (Å²) in [6, 6.07) is 10.4. The standard InChI is InChI=1S/C23H30N4O2S/c1-16(2)30(29)21-12-22(24-13-17(21)3)26-10-8-19(9-11-26)27-14-18-6-4-5-7-20(18)25-23(28)15-27/h4-7,12-13,16,19H,8-11,14-15H2,1-3H3,(H,25,28). The SMILES string of the molecule is Cc1cnc(N2CCC(N3CC(=O)Nc4ccccc4C3)CC2)cc1S(=O)C(C)C. The van der Waals surface area contributed by atoms with Crippen molar-refractivity contribution in [1.29, 1.82) is 0 Å². The number of pyridine rings is 1. The van der Waals surface area contributed by atoms with Gasteiger partial charge in [0.1, 0.15) is 5.82 Å². The topological polar surface area (TPSA) is 65.5 Å². The molecule has 1 aromatic heterocycles. The third kappa shape index (κ3) is 4.42. The fourth-order valence-corrected chi connectivity index (χ4v) is 5.39. The number of benzene rings is 1. The van der Waals surface area contributed by atoms with Gasteiger partial charge in [0.15, 0.2) is 0 Å². The molecule has 2 aliphatic heterocycles. The first-order valence-electron chi connectivity index (χ1n) is 10.7. The zero-order valence-corrected chi connectivity index (χ0v) is 18.7. The van der Waals surface area contributed by atoms with E-state index in [0.717, 1.165) is 54.4 Å². The third-order valence-corrected chi connectivity index (χ3v) is 7.73. The highest BCUT2D eigenvalue weighted by atomic mass is 32.2. The van der Waals surface area contributed by atoms with Crippen LogP contribution in [-0.2, 0) is 22.1 Å². The number of hydrogen-bond donors (Lipinski definition) is 1. The smallest absolute Gasteiger partial charge is 0.238 e. The van der Waals surface area contributed by atoms with Crippen molar-refractivity contribution in [3.05, 3.63) is 47.7 Å². The van der Waals surface area contributed by atoms with Gasteiger partial charge in [0.25, 0.3) is 0 Å². The monoisotopic (exact) mass is 426 g/mol. The van der Waals surface area contributed by atoms with Crippen LogP contribution in [0.5, 0.6) is 0 Å².